The number of aromatic nitrogens is 4. The van der Waals surface area contributed by atoms with E-state index < -0.39 is 0 Å². The van der Waals surface area contributed by atoms with Crippen molar-refractivity contribution in [3.05, 3.63) is 33.9 Å². The van der Waals surface area contributed by atoms with Gasteiger partial charge in [-0.15, -0.1) is 0 Å². The number of nitrogens with zero attached hydrogens (tertiary/aromatic N) is 5. The molecule has 2 saturated carbocycles. The number of rotatable bonds is 7. The highest BCUT2D eigenvalue weighted by Crippen LogP contribution is 2.39. The third-order valence-corrected chi connectivity index (χ3v) is 8.29. The van der Waals surface area contributed by atoms with E-state index in [4.69, 9.17) is 38.9 Å². The maximum atomic E-state index is 11.8. The van der Waals surface area contributed by atoms with Crippen LogP contribution in [0.3, 0.4) is 0 Å². The van der Waals surface area contributed by atoms with Gasteiger partial charge in [-0.3, -0.25) is 9.36 Å². The third-order valence-electron chi connectivity index (χ3n) is 7.70. The SMILES string of the molecule is N#Cc1cc(Cl)c(Nc2nc3cnc(NC[C@@H]4CCCC[C@@H]4O)nc3n2C2CCC(C(N)=O)CC2)c(Cl)c1. The average Bonchev–Trinajstić information content (AvgIpc) is 3.27. The van der Waals surface area contributed by atoms with Gasteiger partial charge < -0.3 is 21.5 Å². The second-order valence-corrected chi connectivity index (χ2v) is 11.0. The molecule has 38 heavy (non-hydrogen) atoms. The quantitative estimate of drug-likeness (QED) is 0.319. The zero-order valence-corrected chi connectivity index (χ0v) is 22.3. The van der Waals surface area contributed by atoms with Gasteiger partial charge in [0.1, 0.15) is 5.52 Å². The fraction of sp³-hybridized carbons (Fsp3) is 0.500. The lowest BCUT2D eigenvalue weighted by molar-refractivity contribution is -0.122. The Balaban J connectivity index is 1.48. The van der Waals surface area contributed by atoms with Crippen LogP contribution >= 0.6 is 23.2 Å². The maximum Gasteiger partial charge on any atom is 0.224 e. The van der Waals surface area contributed by atoms with Gasteiger partial charge in [0, 0.05) is 24.4 Å². The van der Waals surface area contributed by atoms with Crippen molar-refractivity contribution in [2.75, 3.05) is 17.2 Å². The van der Waals surface area contributed by atoms with Gasteiger partial charge in [-0.05, 0) is 50.7 Å². The van der Waals surface area contributed by atoms with Gasteiger partial charge in [0.25, 0.3) is 0 Å². The Hall–Kier alpha value is -3.13. The summed E-state index contributed by atoms with van der Waals surface area (Å²) in [6, 6.07) is 5.14. The van der Waals surface area contributed by atoms with Crippen LogP contribution in [0, 0.1) is 23.2 Å². The van der Waals surface area contributed by atoms with Crippen LogP contribution in [0.1, 0.15) is 63.0 Å². The van der Waals surface area contributed by atoms with E-state index in [9.17, 15) is 15.2 Å². The highest BCUT2D eigenvalue weighted by atomic mass is 35.5. The van der Waals surface area contributed by atoms with Gasteiger partial charge in [-0.1, -0.05) is 36.0 Å². The van der Waals surface area contributed by atoms with E-state index in [0.717, 1.165) is 38.5 Å². The van der Waals surface area contributed by atoms with E-state index in [1.807, 2.05) is 10.6 Å². The second-order valence-electron chi connectivity index (χ2n) is 10.2. The minimum absolute atomic E-state index is 0.0111. The first-order chi connectivity index (χ1) is 18.3. The molecule has 2 heterocycles. The molecule has 2 aliphatic rings. The number of nitrogens with one attached hydrogen (secondary N) is 2. The van der Waals surface area contributed by atoms with Gasteiger partial charge in [-0.2, -0.15) is 10.2 Å². The van der Waals surface area contributed by atoms with Gasteiger partial charge in [-0.25, -0.2) is 9.97 Å². The number of aliphatic hydroxyl groups excluding tert-OH is 1. The molecule has 1 amide bonds. The van der Waals surface area contributed by atoms with E-state index in [1.54, 1.807) is 18.3 Å². The largest absolute Gasteiger partial charge is 0.393 e. The predicted molar refractivity (Wildman–Crippen MR) is 146 cm³/mol. The van der Waals surface area contributed by atoms with Crippen molar-refractivity contribution in [2.24, 2.45) is 17.6 Å². The molecular weight excluding hydrogens is 527 g/mol. The molecule has 0 spiro atoms. The summed E-state index contributed by atoms with van der Waals surface area (Å²) in [6.45, 7) is 0.589. The van der Waals surface area contributed by atoms with Crippen LogP contribution in [0.25, 0.3) is 11.2 Å². The molecule has 1 aromatic carbocycles. The Bertz CT molecular complexity index is 1360. The monoisotopic (exact) mass is 556 g/mol. The molecule has 2 atom stereocenters. The van der Waals surface area contributed by atoms with Gasteiger partial charge in [0.15, 0.2) is 5.65 Å². The van der Waals surface area contributed by atoms with Gasteiger partial charge in [0.05, 0.1) is 39.7 Å². The van der Waals surface area contributed by atoms with Gasteiger partial charge >= 0.3 is 0 Å². The molecule has 5 rings (SSSR count). The number of fused-ring (bicyclic) bond motifs is 1. The number of benzene rings is 1. The third kappa shape index (κ3) is 5.51. The Kier molecular flexibility index (Phi) is 7.88. The summed E-state index contributed by atoms with van der Waals surface area (Å²) in [7, 11) is 0. The number of halogens is 2. The van der Waals surface area contributed by atoms with E-state index in [2.05, 4.69) is 15.6 Å². The number of carbonyl (C=O) groups is 1. The van der Waals surface area contributed by atoms with Crippen molar-refractivity contribution >= 4 is 57.9 Å². The number of nitrogens with two attached hydrogens (primary N) is 1. The van der Waals surface area contributed by atoms with E-state index >= 15 is 0 Å². The van der Waals surface area contributed by atoms with Crippen molar-refractivity contribution in [2.45, 2.75) is 63.5 Å². The van der Waals surface area contributed by atoms with Crippen molar-refractivity contribution < 1.29 is 9.90 Å². The van der Waals surface area contributed by atoms with Crippen molar-refractivity contribution in [1.29, 1.82) is 5.26 Å². The molecule has 5 N–H and O–H groups in total. The minimum atomic E-state index is -0.316. The van der Waals surface area contributed by atoms with Crippen LogP contribution < -0.4 is 16.4 Å². The number of anilines is 3. The fourth-order valence-corrected chi connectivity index (χ4v) is 6.13. The Morgan fingerprint density at radius 3 is 2.50 bits per heavy atom. The van der Waals surface area contributed by atoms with Crippen LogP contribution in [0.15, 0.2) is 18.3 Å². The normalized spacial score (nSPS) is 23.6. The first-order valence-electron chi connectivity index (χ1n) is 13.0. The second kappa shape index (κ2) is 11.3. The molecule has 3 aromatic rings. The van der Waals surface area contributed by atoms with Crippen LogP contribution in [-0.4, -0.2) is 43.2 Å². The lowest BCUT2D eigenvalue weighted by atomic mass is 9.85. The topological polar surface area (TPSA) is 155 Å². The van der Waals surface area contributed by atoms with Crippen molar-refractivity contribution in [1.82, 2.24) is 19.5 Å². The number of hydrogen-bond donors (Lipinski definition) is 4. The first-order valence-corrected chi connectivity index (χ1v) is 13.7. The zero-order chi connectivity index (χ0) is 26.8. The molecule has 0 unspecified atom stereocenters. The summed E-state index contributed by atoms with van der Waals surface area (Å²) in [4.78, 5) is 25.8. The molecule has 0 aliphatic heterocycles. The standard InChI is InChI=1S/C26H30Cl2N8O2/c27-18-9-14(11-29)10-19(28)22(18)34-26-33-20-13-32-25(31-12-16-3-1-2-4-21(16)37)35-24(20)36(26)17-7-5-15(6-8-17)23(30)38/h9-10,13,15-17,21,37H,1-8,12H2,(H2,30,38)(H,33,34)(H,31,32,35)/t15?,16-,17?,21-/m0/s1. The first kappa shape index (κ1) is 26.5. The summed E-state index contributed by atoms with van der Waals surface area (Å²) < 4.78 is 2.01. The number of carbonyl (C=O) groups excluding carboxylic acids is 1. The molecule has 0 saturated heterocycles. The maximum absolute atomic E-state index is 11.8. The van der Waals surface area contributed by atoms with Gasteiger partial charge in [0.2, 0.25) is 17.8 Å². The number of hydrogen-bond acceptors (Lipinski definition) is 8. The van der Waals surface area contributed by atoms with Crippen LogP contribution in [-0.2, 0) is 4.79 Å². The Morgan fingerprint density at radius 2 is 1.84 bits per heavy atom. The van der Waals surface area contributed by atoms with Crippen LogP contribution in [0.5, 0.6) is 0 Å². The number of aliphatic hydroxyl groups is 1. The van der Waals surface area contributed by atoms with Crippen LogP contribution in [0.4, 0.5) is 17.6 Å². The molecule has 200 valence electrons. The van der Waals surface area contributed by atoms with Crippen LogP contribution in [0.2, 0.25) is 10.0 Å². The molecular formula is C26H30Cl2N8O2. The van der Waals surface area contributed by atoms with E-state index in [1.165, 1.54) is 0 Å². The molecule has 0 bridgehead atoms. The molecule has 2 fully saturated rings. The molecule has 0 radical (unpaired) electrons. The highest BCUT2D eigenvalue weighted by molar-refractivity contribution is 6.39. The minimum Gasteiger partial charge on any atom is -0.393 e. The lowest BCUT2D eigenvalue weighted by Crippen LogP contribution is -2.30. The predicted octanol–water partition coefficient (Wildman–Crippen LogP) is 4.93. The fourth-order valence-electron chi connectivity index (χ4n) is 5.55. The highest BCUT2D eigenvalue weighted by Gasteiger charge is 2.30. The summed E-state index contributed by atoms with van der Waals surface area (Å²) in [5.41, 5.74) is 7.59. The smallest absolute Gasteiger partial charge is 0.224 e. The van der Waals surface area contributed by atoms with E-state index in [-0.39, 0.29) is 29.9 Å². The summed E-state index contributed by atoms with van der Waals surface area (Å²) in [5, 5.41) is 26.7. The zero-order valence-electron chi connectivity index (χ0n) is 20.8. The Labute approximate surface area is 230 Å². The number of imidazole rings is 1. The Morgan fingerprint density at radius 1 is 1.13 bits per heavy atom. The molecule has 2 aliphatic carbocycles. The summed E-state index contributed by atoms with van der Waals surface area (Å²) in [6.07, 6.45) is 8.11. The molecule has 10 nitrogen and oxygen atoms in total. The number of amides is 1. The number of nitriles is 1. The van der Waals surface area contributed by atoms with E-state index in [0.29, 0.717) is 63.7 Å². The average molecular weight is 557 g/mol. The lowest BCUT2D eigenvalue weighted by Gasteiger charge is -2.29. The number of primary amides is 1. The molecule has 2 aromatic heterocycles. The molecule has 12 heteroatoms. The van der Waals surface area contributed by atoms with Crippen molar-refractivity contribution in [3.8, 4) is 6.07 Å². The van der Waals surface area contributed by atoms with Crippen molar-refractivity contribution in [3.63, 3.8) is 0 Å². The summed E-state index contributed by atoms with van der Waals surface area (Å²) >= 11 is 12.9. The summed E-state index contributed by atoms with van der Waals surface area (Å²) in [5.74, 6) is 0.698.